The zero-order valence-electron chi connectivity index (χ0n) is 10.7. The third kappa shape index (κ3) is 4.92. The van der Waals surface area contributed by atoms with Crippen molar-refractivity contribution in [3.8, 4) is 0 Å². The van der Waals surface area contributed by atoms with Crippen molar-refractivity contribution in [3.05, 3.63) is 28.7 Å². The fraction of sp³-hybridized carbons (Fsp3) is 0.571. The molecule has 1 aromatic rings. The van der Waals surface area contributed by atoms with Crippen LogP contribution < -0.4 is 5.32 Å². The van der Waals surface area contributed by atoms with Crippen molar-refractivity contribution in [2.75, 3.05) is 19.7 Å². The molecule has 0 aliphatic carbocycles. The second kappa shape index (κ2) is 7.53. The van der Waals surface area contributed by atoms with Gasteiger partial charge in [0.25, 0.3) is 0 Å². The lowest BCUT2D eigenvalue weighted by atomic mass is 10.2. The lowest BCUT2D eigenvalue weighted by molar-refractivity contribution is 0.110. The minimum absolute atomic E-state index is 0.438. The number of ether oxygens (including phenoxy) is 1. The molecule has 1 fully saturated rings. The van der Waals surface area contributed by atoms with Crippen molar-refractivity contribution in [1.29, 1.82) is 0 Å². The van der Waals surface area contributed by atoms with Gasteiger partial charge in [-0.2, -0.15) is 0 Å². The molecule has 0 radical (unpaired) electrons. The first-order chi connectivity index (χ1) is 8.74. The normalized spacial score (nSPS) is 21.1. The first-order valence-corrected chi connectivity index (χ1v) is 8.16. The van der Waals surface area contributed by atoms with Gasteiger partial charge >= 0.3 is 0 Å². The molecule has 100 valence electrons. The summed E-state index contributed by atoms with van der Waals surface area (Å²) < 4.78 is 6.74. The molecule has 0 amide bonds. The van der Waals surface area contributed by atoms with Gasteiger partial charge < -0.3 is 10.1 Å². The number of thioether (sulfide) groups is 1. The Morgan fingerprint density at radius 2 is 2.44 bits per heavy atom. The molecule has 2 rings (SSSR count). The zero-order valence-corrected chi connectivity index (χ0v) is 13.1. The standard InChI is InChI=1S/C14H20BrNOS/c1-11(9-16-10-13-5-3-7-17-13)18-14-6-2-4-12(15)8-14/h2,4,6,8,11,13,16H,3,5,7,9-10H2,1H3. The molecule has 0 saturated carbocycles. The molecule has 1 aliphatic heterocycles. The molecule has 2 unspecified atom stereocenters. The Balaban J connectivity index is 1.66. The molecule has 0 spiro atoms. The van der Waals surface area contributed by atoms with E-state index in [1.807, 2.05) is 11.8 Å². The number of benzene rings is 1. The van der Waals surface area contributed by atoms with Gasteiger partial charge in [0.2, 0.25) is 0 Å². The highest BCUT2D eigenvalue weighted by molar-refractivity contribution is 9.10. The highest BCUT2D eigenvalue weighted by atomic mass is 79.9. The van der Waals surface area contributed by atoms with Crippen molar-refractivity contribution >= 4 is 27.7 Å². The Bertz CT molecular complexity index is 369. The summed E-state index contributed by atoms with van der Waals surface area (Å²) in [6, 6.07) is 8.47. The Morgan fingerprint density at radius 3 is 3.17 bits per heavy atom. The first-order valence-electron chi connectivity index (χ1n) is 6.48. The molecule has 0 aromatic heterocycles. The topological polar surface area (TPSA) is 21.3 Å². The van der Waals surface area contributed by atoms with Crippen LogP contribution in [0.15, 0.2) is 33.6 Å². The Labute approximate surface area is 122 Å². The summed E-state index contributed by atoms with van der Waals surface area (Å²) in [6.45, 7) is 5.21. The summed E-state index contributed by atoms with van der Waals surface area (Å²) in [4.78, 5) is 1.32. The number of hydrogen-bond donors (Lipinski definition) is 1. The fourth-order valence-corrected chi connectivity index (χ4v) is 3.64. The number of halogens is 1. The molecule has 2 nitrogen and oxygen atoms in total. The summed E-state index contributed by atoms with van der Waals surface area (Å²) in [5.41, 5.74) is 0. The van der Waals surface area contributed by atoms with Crippen LogP contribution in [-0.2, 0) is 4.74 Å². The van der Waals surface area contributed by atoms with Gasteiger partial charge in [-0.05, 0) is 31.0 Å². The fourth-order valence-electron chi connectivity index (χ4n) is 2.07. The maximum absolute atomic E-state index is 5.59. The third-order valence-corrected chi connectivity index (χ3v) is 4.55. The second-order valence-corrected chi connectivity index (χ2v) is 7.11. The molecule has 1 saturated heterocycles. The summed E-state index contributed by atoms with van der Waals surface area (Å²) in [5, 5.41) is 4.07. The molecule has 0 bridgehead atoms. The Hall–Kier alpha value is -0.0300. The largest absolute Gasteiger partial charge is 0.377 e. The van der Waals surface area contributed by atoms with E-state index in [0.717, 1.165) is 24.2 Å². The van der Waals surface area contributed by atoms with Gasteiger partial charge in [0.05, 0.1) is 6.10 Å². The maximum Gasteiger partial charge on any atom is 0.0700 e. The second-order valence-electron chi connectivity index (χ2n) is 4.68. The molecular formula is C14H20BrNOS. The molecule has 2 atom stereocenters. The number of rotatable bonds is 6. The monoisotopic (exact) mass is 329 g/mol. The highest BCUT2D eigenvalue weighted by Crippen LogP contribution is 2.25. The van der Waals surface area contributed by atoms with E-state index in [9.17, 15) is 0 Å². The first kappa shape index (κ1) is 14.4. The van der Waals surface area contributed by atoms with E-state index in [-0.39, 0.29) is 0 Å². The molecule has 18 heavy (non-hydrogen) atoms. The summed E-state index contributed by atoms with van der Waals surface area (Å²) in [7, 11) is 0. The molecule has 1 heterocycles. The molecule has 1 aliphatic rings. The lowest BCUT2D eigenvalue weighted by Gasteiger charge is -2.15. The smallest absolute Gasteiger partial charge is 0.0700 e. The molecule has 1 aromatic carbocycles. The summed E-state index contributed by atoms with van der Waals surface area (Å²) >= 11 is 5.41. The van der Waals surface area contributed by atoms with Crippen LogP contribution in [0.3, 0.4) is 0 Å². The van der Waals surface area contributed by atoms with Crippen LogP contribution in [0, 0.1) is 0 Å². The molecule has 4 heteroatoms. The van der Waals surface area contributed by atoms with E-state index in [2.05, 4.69) is 52.4 Å². The van der Waals surface area contributed by atoms with Gasteiger partial charge in [-0.15, -0.1) is 11.8 Å². The number of hydrogen-bond acceptors (Lipinski definition) is 3. The summed E-state index contributed by atoms with van der Waals surface area (Å²) in [5.74, 6) is 0. The van der Waals surface area contributed by atoms with E-state index < -0.39 is 0 Å². The van der Waals surface area contributed by atoms with Crippen LogP contribution in [0.2, 0.25) is 0 Å². The SMILES string of the molecule is CC(CNCC1CCCO1)Sc1cccc(Br)c1. The van der Waals surface area contributed by atoms with Crippen LogP contribution >= 0.6 is 27.7 Å². The lowest BCUT2D eigenvalue weighted by Crippen LogP contribution is -2.30. The third-order valence-electron chi connectivity index (χ3n) is 2.96. The Kier molecular flexibility index (Phi) is 6.02. The average molecular weight is 330 g/mol. The quantitative estimate of drug-likeness (QED) is 0.804. The number of nitrogens with one attached hydrogen (secondary N) is 1. The predicted octanol–water partition coefficient (Wildman–Crippen LogP) is 3.70. The van der Waals surface area contributed by atoms with Gasteiger partial charge in [0.15, 0.2) is 0 Å². The van der Waals surface area contributed by atoms with E-state index in [1.54, 1.807) is 0 Å². The molecule has 1 N–H and O–H groups in total. The van der Waals surface area contributed by atoms with Crippen LogP contribution in [0.5, 0.6) is 0 Å². The predicted molar refractivity (Wildman–Crippen MR) is 81.3 cm³/mol. The van der Waals surface area contributed by atoms with Crippen molar-refractivity contribution < 1.29 is 4.74 Å². The highest BCUT2D eigenvalue weighted by Gasteiger charge is 2.15. The van der Waals surface area contributed by atoms with Crippen molar-refractivity contribution in [1.82, 2.24) is 5.32 Å². The van der Waals surface area contributed by atoms with Gasteiger partial charge in [-0.1, -0.05) is 28.9 Å². The average Bonchev–Trinajstić information content (AvgIpc) is 2.82. The van der Waals surface area contributed by atoms with E-state index in [1.165, 1.54) is 17.7 Å². The van der Waals surface area contributed by atoms with Gasteiger partial charge in [-0.25, -0.2) is 0 Å². The van der Waals surface area contributed by atoms with Crippen LogP contribution in [0.1, 0.15) is 19.8 Å². The van der Waals surface area contributed by atoms with Crippen molar-refractivity contribution in [2.45, 2.75) is 36.0 Å². The van der Waals surface area contributed by atoms with Crippen molar-refractivity contribution in [3.63, 3.8) is 0 Å². The van der Waals surface area contributed by atoms with Crippen LogP contribution in [0.25, 0.3) is 0 Å². The van der Waals surface area contributed by atoms with Gasteiger partial charge in [0, 0.05) is 34.3 Å². The van der Waals surface area contributed by atoms with Gasteiger partial charge in [-0.3, -0.25) is 0 Å². The maximum atomic E-state index is 5.59. The van der Waals surface area contributed by atoms with Crippen LogP contribution in [-0.4, -0.2) is 31.1 Å². The minimum Gasteiger partial charge on any atom is -0.377 e. The zero-order chi connectivity index (χ0) is 12.8. The van der Waals surface area contributed by atoms with Crippen molar-refractivity contribution in [2.24, 2.45) is 0 Å². The van der Waals surface area contributed by atoms with Gasteiger partial charge in [0.1, 0.15) is 0 Å². The minimum atomic E-state index is 0.438. The van der Waals surface area contributed by atoms with E-state index >= 15 is 0 Å². The summed E-state index contributed by atoms with van der Waals surface area (Å²) in [6.07, 6.45) is 2.86. The van der Waals surface area contributed by atoms with E-state index in [4.69, 9.17) is 4.74 Å². The Morgan fingerprint density at radius 1 is 1.56 bits per heavy atom. The van der Waals surface area contributed by atoms with E-state index in [0.29, 0.717) is 11.4 Å². The molecular weight excluding hydrogens is 310 g/mol. The van der Waals surface area contributed by atoms with Crippen LogP contribution in [0.4, 0.5) is 0 Å².